The Morgan fingerprint density at radius 1 is 1.20 bits per heavy atom. The van der Waals surface area contributed by atoms with Gasteiger partial charge in [-0.05, 0) is 36.2 Å². The van der Waals surface area contributed by atoms with Crippen molar-refractivity contribution in [3.8, 4) is 11.8 Å². The van der Waals surface area contributed by atoms with Crippen molar-refractivity contribution in [1.82, 2.24) is 4.98 Å². The predicted molar refractivity (Wildman–Crippen MR) is 112 cm³/mol. The SMILES string of the molecule is COC(=O)CCCOc1ccc2c(c1)C(=O)c1c([nH]c3cc(C#N)ccc13)C2(C)C. The number of carbonyl (C=O) groups excluding carboxylic acids is 2. The number of hydrogen-bond acceptors (Lipinski definition) is 5. The quantitative estimate of drug-likeness (QED) is 0.509. The summed E-state index contributed by atoms with van der Waals surface area (Å²) in [6.45, 7) is 4.52. The van der Waals surface area contributed by atoms with E-state index >= 15 is 0 Å². The molecule has 1 N–H and O–H groups in total. The number of carbonyl (C=O) groups is 2. The Bertz CT molecular complexity index is 1210. The van der Waals surface area contributed by atoms with Gasteiger partial charge in [-0.25, -0.2) is 0 Å². The zero-order valence-corrected chi connectivity index (χ0v) is 17.2. The maximum Gasteiger partial charge on any atom is 0.305 e. The number of aromatic nitrogens is 1. The fraction of sp³-hybridized carbons (Fsp3) is 0.292. The van der Waals surface area contributed by atoms with E-state index in [-0.39, 0.29) is 18.2 Å². The molecule has 4 rings (SSSR count). The summed E-state index contributed by atoms with van der Waals surface area (Å²) < 4.78 is 10.4. The van der Waals surface area contributed by atoms with Crippen molar-refractivity contribution in [2.45, 2.75) is 32.1 Å². The third kappa shape index (κ3) is 3.13. The minimum Gasteiger partial charge on any atom is -0.494 e. The fourth-order valence-corrected chi connectivity index (χ4v) is 4.10. The van der Waals surface area contributed by atoms with Crippen LogP contribution in [0, 0.1) is 11.3 Å². The summed E-state index contributed by atoms with van der Waals surface area (Å²) in [4.78, 5) is 28.0. The lowest BCUT2D eigenvalue weighted by Crippen LogP contribution is -2.30. The molecule has 152 valence electrons. The standard InChI is InChI=1S/C24H22N2O4/c1-24(2)18-9-7-15(30-10-4-5-20(27)29-3)12-17(18)22(28)21-16-8-6-14(13-25)11-19(16)26-23(21)24/h6-9,11-12,26H,4-5,10H2,1-3H3. The van der Waals surface area contributed by atoms with Crippen LogP contribution in [-0.2, 0) is 14.9 Å². The van der Waals surface area contributed by atoms with E-state index in [1.807, 2.05) is 18.2 Å². The molecular formula is C24H22N2O4. The number of benzene rings is 2. The molecule has 0 fully saturated rings. The van der Waals surface area contributed by atoms with Gasteiger partial charge in [-0.2, -0.15) is 5.26 Å². The van der Waals surface area contributed by atoms with Gasteiger partial charge >= 0.3 is 5.97 Å². The number of nitrogens with zero attached hydrogens (tertiary/aromatic N) is 1. The Balaban J connectivity index is 1.69. The number of fused-ring (bicyclic) bond motifs is 4. The van der Waals surface area contributed by atoms with Gasteiger partial charge in [-0.15, -0.1) is 0 Å². The van der Waals surface area contributed by atoms with Crippen LogP contribution in [0.1, 0.15) is 59.4 Å². The Hall–Kier alpha value is -3.59. The molecule has 1 aromatic heterocycles. The number of H-pyrrole nitrogens is 1. The van der Waals surface area contributed by atoms with Crippen molar-refractivity contribution in [3.05, 3.63) is 64.3 Å². The van der Waals surface area contributed by atoms with Crippen LogP contribution in [0.3, 0.4) is 0 Å². The lowest BCUT2D eigenvalue weighted by Gasteiger charge is -2.32. The zero-order valence-electron chi connectivity index (χ0n) is 17.2. The summed E-state index contributed by atoms with van der Waals surface area (Å²) in [6, 6.07) is 13.0. The summed E-state index contributed by atoms with van der Waals surface area (Å²) in [5.41, 5.74) is 3.97. The molecular weight excluding hydrogens is 380 g/mol. The van der Waals surface area contributed by atoms with Crippen molar-refractivity contribution >= 4 is 22.7 Å². The van der Waals surface area contributed by atoms with Crippen LogP contribution in [0.25, 0.3) is 10.9 Å². The second kappa shape index (κ2) is 7.34. The van der Waals surface area contributed by atoms with Crippen LogP contribution in [0.4, 0.5) is 0 Å². The molecule has 0 saturated carbocycles. The van der Waals surface area contributed by atoms with Crippen LogP contribution >= 0.6 is 0 Å². The lowest BCUT2D eigenvalue weighted by atomic mass is 9.71. The van der Waals surface area contributed by atoms with Gasteiger partial charge < -0.3 is 14.5 Å². The highest BCUT2D eigenvalue weighted by molar-refractivity contribution is 6.20. The molecule has 6 heteroatoms. The number of rotatable bonds is 5. The third-order valence-electron chi connectivity index (χ3n) is 5.71. The number of ketones is 1. The fourth-order valence-electron chi connectivity index (χ4n) is 4.10. The van der Waals surface area contributed by atoms with Crippen molar-refractivity contribution in [2.24, 2.45) is 0 Å². The van der Waals surface area contributed by atoms with Gasteiger partial charge in [0.05, 0.1) is 30.9 Å². The monoisotopic (exact) mass is 402 g/mol. The lowest BCUT2D eigenvalue weighted by molar-refractivity contribution is -0.140. The number of esters is 1. The number of aromatic amines is 1. The average molecular weight is 402 g/mol. The smallest absolute Gasteiger partial charge is 0.305 e. The molecule has 30 heavy (non-hydrogen) atoms. The molecule has 0 spiro atoms. The van der Waals surface area contributed by atoms with E-state index in [4.69, 9.17) is 4.74 Å². The molecule has 0 aliphatic heterocycles. The molecule has 0 radical (unpaired) electrons. The molecule has 1 heterocycles. The van der Waals surface area contributed by atoms with Crippen LogP contribution in [0.5, 0.6) is 5.75 Å². The van der Waals surface area contributed by atoms with Gasteiger partial charge in [0.25, 0.3) is 0 Å². The van der Waals surface area contributed by atoms with E-state index in [2.05, 4.69) is 29.6 Å². The number of nitriles is 1. The minimum atomic E-state index is -0.409. The van der Waals surface area contributed by atoms with E-state index < -0.39 is 5.41 Å². The van der Waals surface area contributed by atoms with E-state index in [0.29, 0.717) is 35.5 Å². The van der Waals surface area contributed by atoms with E-state index in [1.165, 1.54) is 7.11 Å². The first-order valence-corrected chi connectivity index (χ1v) is 9.82. The number of nitrogens with one attached hydrogen (secondary N) is 1. The third-order valence-corrected chi connectivity index (χ3v) is 5.71. The average Bonchev–Trinajstić information content (AvgIpc) is 3.15. The minimum absolute atomic E-state index is 0.0599. The number of hydrogen-bond donors (Lipinski definition) is 1. The van der Waals surface area contributed by atoms with Gasteiger partial charge in [0.15, 0.2) is 5.78 Å². The molecule has 6 nitrogen and oxygen atoms in total. The zero-order chi connectivity index (χ0) is 21.5. The highest BCUT2D eigenvalue weighted by Crippen LogP contribution is 2.44. The summed E-state index contributed by atoms with van der Waals surface area (Å²) in [5, 5.41) is 10.0. The maximum absolute atomic E-state index is 13.4. The van der Waals surface area contributed by atoms with Gasteiger partial charge in [0, 0.05) is 34.0 Å². The largest absolute Gasteiger partial charge is 0.494 e. The topological polar surface area (TPSA) is 92.2 Å². The van der Waals surface area contributed by atoms with Crippen molar-refractivity contribution in [2.75, 3.05) is 13.7 Å². The van der Waals surface area contributed by atoms with Gasteiger partial charge in [-0.1, -0.05) is 26.0 Å². The molecule has 0 atom stereocenters. The molecule has 0 amide bonds. The van der Waals surface area contributed by atoms with Gasteiger partial charge in [-0.3, -0.25) is 9.59 Å². The summed E-state index contributed by atoms with van der Waals surface area (Å²) in [7, 11) is 1.36. The van der Waals surface area contributed by atoms with Gasteiger partial charge in [0.2, 0.25) is 0 Å². The Morgan fingerprint density at radius 3 is 2.73 bits per heavy atom. The molecule has 1 aliphatic carbocycles. The normalized spacial score (nSPS) is 14.0. The van der Waals surface area contributed by atoms with Crippen molar-refractivity contribution in [3.63, 3.8) is 0 Å². The van der Waals surface area contributed by atoms with Crippen LogP contribution in [0.15, 0.2) is 36.4 Å². The first-order valence-electron chi connectivity index (χ1n) is 9.82. The molecule has 0 saturated heterocycles. The second-order valence-electron chi connectivity index (χ2n) is 7.94. The highest BCUT2D eigenvalue weighted by atomic mass is 16.5. The Kier molecular flexibility index (Phi) is 4.83. The van der Waals surface area contributed by atoms with E-state index in [0.717, 1.165) is 22.2 Å². The molecule has 3 aromatic rings. The predicted octanol–water partition coefficient (Wildman–Crippen LogP) is 4.24. The summed E-state index contributed by atoms with van der Waals surface area (Å²) in [6.07, 6.45) is 0.827. The van der Waals surface area contributed by atoms with Gasteiger partial charge in [0.1, 0.15) is 5.75 Å². The van der Waals surface area contributed by atoms with Crippen molar-refractivity contribution < 1.29 is 19.1 Å². The first kappa shape index (κ1) is 19.7. The van der Waals surface area contributed by atoms with E-state index in [9.17, 15) is 14.9 Å². The number of ether oxygens (including phenoxy) is 2. The Morgan fingerprint density at radius 2 is 2.00 bits per heavy atom. The first-order chi connectivity index (χ1) is 14.4. The maximum atomic E-state index is 13.4. The highest BCUT2D eigenvalue weighted by Gasteiger charge is 2.39. The molecule has 0 unspecified atom stereocenters. The molecule has 1 aliphatic rings. The molecule has 2 aromatic carbocycles. The second-order valence-corrected chi connectivity index (χ2v) is 7.94. The Labute approximate surface area is 174 Å². The molecule has 0 bridgehead atoms. The summed E-state index contributed by atoms with van der Waals surface area (Å²) >= 11 is 0. The van der Waals surface area contributed by atoms with Crippen molar-refractivity contribution in [1.29, 1.82) is 5.26 Å². The summed E-state index contributed by atoms with van der Waals surface area (Å²) in [5.74, 6) is 0.264. The van der Waals surface area contributed by atoms with Crippen LogP contribution in [0.2, 0.25) is 0 Å². The van der Waals surface area contributed by atoms with Crippen LogP contribution < -0.4 is 4.74 Å². The van der Waals surface area contributed by atoms with Crippen LogP contribution in [-0.4, -0.2) is 30.5 Å². The number of methoxy groups -OCH3 is 1. The van der Waals surface area contributed by atoms with E-state index in [1.54, 1.807) is 18.2 Å².